The maximum atomic E-state index is 12.2. The lowest BCUT2D eigenvalue weighted by Gasteiger charge is -2.37. The molecule has 0 bridgehead atoms. The van der Waals surface area contributed by atoms with Crippen molar-refractivity contribution >= 4 is 5.82 Å². The molecule has 0 saturated carbocycles. The fourth-order valence-electron chi connectivity index (χ4n) is 3.14. The second kappa shape index (κ2) is 8.20. The molecule has 0 aliphatic carbocycles. The van der Waals surface area contributed by atoms with Crippen molar-refractivity contribution in [3.8, 4) is 5.75 Å². The van der Waals surface area contributed by atoms with Gasteiger partial charge in [0.05, 0.1) is 11.9 Å². The van der Waals surface area contributed by atoms with E-state index in [9.17, 15) is 8.78 Å². The molecule has 2 aromatic heterocycles. The van der Waals surface area contributed by atoms with Gasteiger partial charge in [-0.3, -0.25) is 9.88 Å². The number of nitrogens with one attached hydrogen (secondary N) is 1. The van der Waals surface area contributed by atoms with E-state index in [-0.39, 0.29) is 5.75 Å². The molecule has 2 aromatic rings. The molecule has 1 aliphatic rings. The zero-order valence-electron chi connectivity index (χ0n) is 14.1. The molecule has 1 fully saturated rings. The monoisotopic (exact) mass is 348 g/mol. The Bertz CT molecular complexity index is 654. The highest BCUT2D eigenvalue weighted by atomic mass is 19.3. The van der Waals surface area contributed by atoms with Crippen LogP contribution in [0, 0.1) is 5.92 Å². The van der Waals surface area contributed by atoms with E-state index in [2.05, 4.69) is 31.8 Å². The van der Waals surface area contributed by atoms with Gasteiger partial charge in [-0.25, -0.2) is 4.98 Å². The van der Waals surface area contributed by atoms with E-state index in [1.54, 1.807) is 6.07 Å². The molecule has 2 atom stereocenters. The van der Waals surface area contributed by atoms with Gasteiger partial charge in [0.2, 0.25) is 0 Å². The van der Waals surface area contributed by atoms with Crippen molar-refractivity contribution in [1.82, 2.24) is 14.9 Å². The standard InChI is InChI=1S/C18H22F2N4O/c1-13-11-24(12-14-4-2-3-8-21-14)9-7-16(13)23-17-6-5-15(10-22-17)25-18(19)20/h2-6,8,10,13,16,18H,7,9,11-12H2,1H3,(H,22,23). The highest BCUT2D eigenvalue weighted by molar-refractivity contribution is 5.38. The SMILES string of the molecule is CC1CN(Cc2ccccn2)CCC1Nc1ccc(OC(F)F)cn1. The highest BCUT2D eigenvalue weighted by Crippen LogP contribution is 2.22. The average Bonchev–Trinajstić information content (AvgIpc) is 2.59. The molecule has 1 saturated heterocycles. The summed E-state index contributed by atoms with van der Waals surface area (Å²) in [5, 5.41) is 3.40. The normalized spacial score (nSPS) is 21.3. The molecule has 3 rings (SSSR count). The number of nitrogens with zero attached hydrogens (tertiary/aromatic N) is 3. The van der Waals surface area contributed by atoms with E-state index in [1.807, 2.05) is 24.4 Å². The van der Waals surface area contributed by atoms with Crippen LogP contribution in [0.5, 0.6) is 5.75 Å². The predicted octanol–water partition coefficient (Wildman–Crippen LogP) is 3.40. The molecule has 0 radical (unpaired) electrons. The van der Waals surface area contributed by atoms with E-state index in [1.165, 1.54) is 12.3 Å². The first-order chi connectivity index (χ1) is 12.1. The van der Waals surface area contributed by atoms with Gasteiger partial charge in [-0.05, 0) is 36.6 Å². The molecule has 0 aromatic carbocycles. The van der Waals surface area contributed by atoms with Gasteiger partial charge >= 0.3 is 6.61 Å². The average molecular weight is 348 g/mol. The van der Waals surface area contributed by atoms with Crippen molar-refractivity contribution in [2.45, 2.75) is 32.5 Å². The van der Waals surface area contributed by atoms with E-state index in [0.29, 0.717) is 17.8 Å². The third kappa shape index (κ3) is 5.09. The molecule has 3 heterocycles. The van der Waals surface area contributed by atoms with Crippen LogP contribution in [-0.4, -0.2) is 40.6 Å². The minimum atomic E-state index is -2.83. The van der Waals surface area contributed by atoms with Gasteiger partial charge in [-0.2, -0.15) is 8.78 Å². The molecule has 0 amide bonds. The van der Waals surface area contributed by atoms with Crippen LogP contribution in [0.25, 0.3) is 0 Å². The Labute approximate surface area is 146 Å². The number of anilines is 1. The second-order valence-electron chi connectivity index (χ2n) is 6.33. The number of alkyl halides is 2. The lowest BCUT2D eigenvalue weighted by Crippen LogP contribution is -2.45. The molecule has 134 valence electrons. The second-order valence-corrected chi connectivity index (χ2v) is 6.33. The minimum Gasteiger partial charge on any atom is -0.433 e. The highest BCUT2D eigenvalue weighted by Gasteiger charge is 2.26. The molecule has 2 unspecified atom stereocenters. The molecule has 25 heavy (non-hydrogen) atoms. The Hall–Kier alpha value is -2.28. The fraction of sp³-hybridized carbons (Fsp3) is 0.444. The molecular weight excluding hydrogens is 326 g/mol. The first-order valence-electron chi connectivity index (χ1n) is 8.40. The summed E-state index contributed by atoms with van der Waals surface area (Å²) in [6, 6.07) is 9.45. The third-order valence-corrected chi connectivity index (χ3v) is 4.40. The largest absolute Gasteiger partial charge is 0.433 e. The lowest BCUT2D eigenvalue weighted by molar-refractivity contribution is -0.0500. The van der Waals surface area contributed by atoms with Gasteiger partial charge in [0.15, 0.2) is 0 Å². The Balaban J connectivity index is 1.51. The van der Waals surface area contributed by atoms with Crippen LogP contribution in [0.3, 0.4) is 0 Å². The Kier molecular flexibility index (Phi) is 5.75. The van der Waals surface area contributed by atoms with Crippen LogP contribution in [0.2, 0.25) is 0 Å². The smallest absolute Gasteiger partial charge is 0.387 e. The molecule has 5 nitrogen and oxygen atoms in total. The number of hydrogen-bond acceptors (Lipinski definition) is 5. The van der Waals surface area contributed by atoms with Crippen molar-refractivity contribution in [2.75, 3.05) is 18.4 Å². The Morgan fingerprint density at radius 3 is 2.80 bits per heavy atom. The maximum Gasteiger partial charge on any atom is 0.387 e. The van der Waals surface area contributed by atoms with E-state index < -0.39 is 6.61 Å². The van der Waals surface area contributed by atoms with Crippen LogP contribution in [0.4, 0.5) is 14.6 Å². The predicted molar refractivity (Wildman–Crippen MR) is 91.6 cm³/mol. The van der Waals surface area contributed by atoms with Gasteiger partial charge in [0, 0.05) is 31.9 Å². The quantitative estimate of drug-likeness (QED) is 0.867. The number of halogens is 2. The zero-order valence-corrected chi connectivity index (χ0v) is 14.1. The number of pyridine rings is 2. The number of ether oxygens (including phenoxy) is 1. The van der Waals surface area contributed by atoms with Crippen molar-refractivity contribution in [2.24, 2.45) is 5.92 Å². The molecule has 1 N–H and O–H groups in total. The number of likely N-dealkylation sites (tertiary alicyclic amines) is 1. The topological polar surface area (TPSA) is 50.3 Å². The maximum absolute atomic E-state index is 12.2. The van der Waals surface area contributed by atoms with E-state index in [4.69, 9.17) is 0 Å². The third-order valence-electron chi connectivity index (χ3n) is 4.40. The van der Waals surface area contributed by atoms with Gasteiger partial charge in [-0.1, -0.05) is 13.0 Å². The van der Waals surface area contributed by atoms with Crippen molar-refractivity contribution in [3.05, 3.63) is 48.4 Å². The molecular formula is C18H22F2N4O. The van der Waals surface area contributed by atoms with Crippen LogP contribution in [0.15, 0.2) is 42.7 Å². The molecule has 0 spiro atoms. The number of aromatic nitrogens is 2. The summed E-state index contributed by atoms with van der Waals surface area (Å²) in [4.78, 5) is 10.9. The van der Waals surface area contributed by atoms with Gasteiger partial charge in [0.25, 0.3) is 0 Å². The molecule has 7 heteroatoms. The van der Waals surface area contributed by atoms with Crippen molar-refractivity contribution < 1.29 is 13.5 Å². The summed E-state index contributed by atoms with van der Waals surface area (Å²) in [6.07, 6.45) is 4.13. The molecule has 1 aliphatic heterocycles. The van der Waals surface area contributed by atoms with Gasteiger partial charge < -0.3 is 10.1 Å². The van der Waals surface area contributed by atoms with E-state index in [0.717, 1.165) is 31.7 Å². The summed E-state index contributed by atoms with van der Waals surface area (Å²) < 4.78 is 28.6. The van der Waals surface area contributed by atoms with Gasteiger partial charge in [0.1, 0.15) is 11.6 Å². The first kappa shape index (κ1) is 17.5. The lowest BCUT2D eigenvalue weighted by atomic mass is 9.93. The van der Waals surface area contributed by atoms with Crippen LogP contribution >= 0.6 is 0 Å². The first-order valence-corrected chi connectivity index (χ1v) is 8.40. The van der Waals surface area contributed by atoms with Crippen LogP contribution in [0.1, 0.15) is 19.0 Å². The van der Waals surface area contributed by atoms with Gasteiger partial charge in [-0.15, -0.1) is 0 Å². The minimum absolute atomic E-state index is 0.0683. The van der Waals surface area contributed by atoms with E-state index >= 15 is 0 Å². The Morgan fingerprint density at radius 2 is 2.16 bits per heavy atom. The van der Waals surface area contributed by atoms with Crippen molar-refractivity contribution in [3.63, 3.8) is 0 Å². The van der Waals surface area contributed by atoms with Crippen LogP contribution in [-0.2, 0) is 6.54 Å². The number of piperidine rings is 1. The fourth-order valence-corrected chi connectivity index (χ4v) is 3.14. The Morgan fingerprint density at radius 1 is 1.28 bits per heavy atom. The van der Waals surface area contributed by atoms with Crippen molar-refractivity contribution in [1.29, 1.82) is 0 Å². The number of rotatable bonds is 6. The summed E-state index contributed by atoms with van der Waals surface area (Å²) in [5.41, 5.74) is 1.08. The van der Waals surface area contributed by atoms with Crippen LogP contribution < -0.4 is 10.1 Å². The zero-order chi connectivity index (χ0) is 17.6. The number of hydrogen-bond donors (Lipinski definition) is 1. The summed E-state index contributed by atoms with van der Waals surface area (Å²) in [5.74, 6) is 1.19. The summed E-state index contributed by atoms with van der Waals surface area (Å²) in [6.45, 7) is 2.18. The summed E-state index contributed by atoms with van der Waals surface area (Å²) >= 11 is 0. The summed E-state index contributed by atoms with van der Waals surface area (Å²) in [7, 11) is 0.